The Labute approximate surface area is 129 Å². The Bertz CT molecular complexity index is 654. The van der Waals surface area contributed by atoms with Crippen molar-refractivity contribution >= 4 is 33.1 Å². The summed E-state index contributed by atoms with van der Waals surface area (Å²) in [7, 11) is 0. The second kappa shape index (κ2) is 5.68. The van der Waals surface area contributed by atoms with Crippen LogP contribution >= 0.6 is 11.3 Å². The molecule has 1 fully saturated rings. The number of nitrogen functional groups attached to an aromatic ring is 1. The van der Waals surface area contributed by atoms with E-state index in [1.165, 1.54) is 17.8 Å². The van der Waals surface area contributed by atoms with Crippen molar-refractivity contribution in [3.8, 4) is 0 Å². The Kier molecular flexibility index (Phi) is 3.89. The second-order valence-corrected chi connectivity index (χ2v) is 7.44. The van der Waals surface area contributed by atoms with Crippen molar-refractivity contribution in [1.29, 1.82) is 0 Å². The highest BCUT2D eigenvalue weighted by Gasteiger charge is 2.27. The lowest BCUT2D eigenvalue weighted by atomic mass is 9.82. The van der Waals surface area contributed by atoms with Crippen LogP contribution in [0, 0.1) is 11.8 Å². The van der Waals surface area contributed by atoms with E-state index in [0.717, 1.165) is 28.6 Å². The predicted molar refractivity (Wildman–Crippen MR) is 87.6 cm³/mol. The Morgan fingerprint density at radius 1 is 1.19 bits per heavy atom. The molecule has 0 radical (unpaired) electrons. The standard InChI is InChI=1S/C17H21NO2S/c1-10-5-11(2)7-14(6-10)20-17(19)16-9-12-8-13(18)3-4-15(12)21-16/h3-4,8-11,14H,5-7,18H2,1-2H3. The van der Waals surface area contributed by atoms with Crippen LogP contribution < -0.4 is 5.73 Å². The Morgan fingerprint density at radius 2 is 1.90 bits per heavy atom. The summed E-state index contributed by atoms with van der Waals surface area (Å²) in [4.78, 5) is 13.0. The van der Waals surface area contributed by atoms with Gasteiger partial charge < -0.3 is 10.5 Å². The summed E-state index contributed by atoms with van der Waals surface area (Å²) in [6.07, 6.45) is 3.25. The number of benzene rings is 1. The van der Waals surface area contributed by atoms with E-state index in [1.54, 1.807) is 0 Å². The number of hydrogen-bond acceptors (Lipinski definition) is 4. The topological polar surface area (TPSA) is 52.3 Å². The Hall–Kier alpha value is -1.55. The van der Waals surface area contributed by atoms with Gasteiger partial charge >= 0.3 is 5.97 Å². The number of ether oxygens (including phenoxy) is 1. The Balaban J connectivity index is 1.74. The largest absolute Gasteiger partial charge is 0.458 e. The maximum Gasteiger partial charge on any atom is 0.348 e. The fourth-order valence-corrected chi connectivity index (χ4v) is 4.27. The van der Waals surface area contributed by atoms with Crippen molar-refractivity contribution in [3.63, 3.8) is 0 Å². The van der Waals surface area contributed by atoms with Crippen LogP contribution in [0.15, 0.2) is 24.3 Å². The van der Waals surface area contributed by atoms with Crippen molar-refractivity contribution in [2.45, 2.75) is 39.2 Å². The van der Waals surface area contributed by atoms with Crippen molar-refractivity contribution < 1.29 is 9.53 Å². The minimum atomic E-state index is -0.193. The highest BCUT2D eigenvalue weighted by molar-refractivity contribution is 7.20. The van der Waals surface area contributed by atoms with Crippen molar-refractivity contribution in [2.24, 2.45) is 11.8 Å². The zero-order valence-corrected chi connectivity index (χ0v) is 13.3. The van der Waals surface area contributed by atoms with E-state index in [0.29, 0.717) is 16.7 Å². The van der Waals surface area contributed by atoms with Gasteiger partial charge in [0.15, 0.2) is 0 Å². The highest BCUT2D eigenvalue weighted by Crippen LogP contribution is 2.32. The third-order valence-corrected chi connectivity index (χ3v) is 5.25. The molecule has 3 rings (SSSR count). The predicted octanol–water partition coefficient (Wildman–Crippen LogP) is 4.47. The van der Waals surface area contributed by atoms with Crippen LogP contribution in [0.2, 0.25) is 0 Å². The minimum Gasteiger partial charge on any atom is -0.458 e. The van der Waals surface area contributed by atoms with E-state index in [2.05, 4.69) is 13.8 Å². The molecule has 0 aliphatic heterocycles. The number of anilines is 1. The molecule has 1 aliphatic carbocycles. The molecule has 2 unspecified atom stereocenters. The summed E-state index contributed by atoms with van der Waals surface area (Å²) >= 11 is 1.47. The first-order valence-electron chi connectivity index (χ1n) is 7.51. The summed E-state index contributed by atoms with van der Waals surface area (Å²) in [5.74, 6) is 1.07. The number of thiophene rings is 1. The average molecular weight is 303 g/mol. The number of nitrogens with two attached hydrogens (primary N) is 1. The van der Waals surface area contributed by atoms with Crippen LogP contribution in [0.4, 0.5) is 5.69 Å². The van der Waals surface area contributed by atoms with E-state index in [1.807, 2.05) is 24.3 Å². The van der Waals surface area contributed by atoms with Gasteiger partial charge in [-0.25, -0.2) is 4.79 Å². The molecule has 1 heterocycles. The van der Waals surface area contributed by atoms with E-state index in [4.69, 9.17) is 10.5 Å². The highest BCUT2D eigenvalue weighted by atomic mass is 32.1. The van der Waals surface area contributed by atoms with Gasteiger partial charge in [0.2, 0.25) is 0 Å². The number of carbonyl (C=O) groups is 1. The SMILES string of the molecule is CC1CC(C)CC(OC(=O)c2cc3cc(N)ccc3s2)C1. The van der Waals surface area contributed by atoms with Crippen LogP contribution in [0.3, 0.4) is 0 Å². The number of hydrogen-bond donors (Lipinski definition) is 1. The lowest BCUT2D eigenvalue weighted by Crippen LogP contribution is -2.28. The molecule has 21 heavy (non-hydrogen) atoms. The van der Waals surface area contributed by atoms with E-state index < -0.39 is 0 Å². The molecule has 4 heteroatoms. The van der Waals surface area contributed by atoms with Gasteiger partial charge in [0.1, 0.15) is 11.0 Å². The minimum absolute atomic E-state index is 0.0616. The van der Waals surface area contributed by atoms with Crippen molar-refractivity contribution in [2.75, 3.05) is 5.73 Å². The molecule has 0 spiro atoms. The van der Waals surface area contributed by atoms with Crippen LogP contribution in [0.25, 0.3) is 10.1 Å². The first-order valence-corrected chi connectivity index (χ1v) is 8.33. The molecule has 112 valence electrons. The van der Waals surface area contributed by atoms with Crippen molar-refractivity contribution in [1.82, 2.24) is 0 Å². The van der Waals surface area contributed by atoms with Crippen molar-refractivity contribution in [3.05, 3.63) is 29.1 Å². The van der Waals surface area contributed by atoms with Crippen LogP contribution in [-0.2, 0) is 4.74 Å². The monoisotopic (exact) mass is 303 g/mol. The van der Waals surface area contributed by atoms with Gasteiger partial charge in [-0.05, 0) is 60.7 Å². The number of esters is 1. The van der Waals surface area contributed by atoms with Gasteiger partial charge in [0, 0.05) is 10.4 Å². The third-order valence-electron chi connectivity index (χ3n) is 4.15. The summed E-state index contributed by atoms with van der Waals surface area (Å²) in [6.45, 7) is 4.47. The van der Waals surface area contributed by atoms with Gasteiger partial charge in [-0.15, -0.1) is 11.3 Å². The lowest BCUT2D eigenvalue weighted by Gasteiger charge is -2.30. The maximum atomic E-state index is 12.3. The number of carbonyl (C=O) groups excluding carboxylic acids is 1. The molecule has 0 bridgehead atoms. The molecule has 1 saturated carbocycles. The third kappa shape index (κ3) is 3.21. The zero-order chi connectivity index (χ0) is 15.0. The fraction of sp³-hybridized carbons (Fsp3) is 0.471. The summed E-state index contributed by atoms with van der Waals surface area (Å²) < 4.78 is 6.79. The maximum absolute atomic E-state index is 12.3. The molecule has 0 amide bonds. The fourth-order valence-electron chi connectivity index (χ4n) is 3.34. The molecule has 0 saturated heterocycles. The molecule has 1 aliphatic rings. The van der Waals surface area contributed by atoms with Gasteiger partial charge in [-0.1, -0.05) is 13.8 Å². The molecule has 1 aromatic heterocycles. The number of fused-ring (bicyclic) bond motifs is 1. The normalized spacial score (nSPS) is 25.9. The van der Waals surface area contributed by atoms with Gasteiger partial charge in [0.25, 0.3) is 0 Å². The quantitative estimate of drug-likeness (QED) is 0.658. The van der Waals surface area contributed by atoms with Crippen LogP contribution in [0.5, 0.6) is 0 Å². The lowest BCUT2D eigenvalue weighted by molar-refractivity contribution is 0.00858. The average Bonchev–Trinajstić information content (AvgIpc) is 2.80. The van der Waals surface area contributed by atoms with Gasteiger partial charge in [0.05, 0.1) is 0 Å². The first kappa shape index (κ1) is 14.4. The van der Waals surface area contributed by atoms with Crippen LogP contribution in [-0.4, -0.2) is 12.1 Å². The van der Waals surface area contributed by atoms with Gasteiger partial charge in [-0.2, -0.15) is 0 Å². The molecule has 2 N–H and O–H groups in total. The number of rotatable bonds is 2. The molecule has 2 atom stereocenters. The molecule has 2 aromatic rings. The smallest absolute Gasteiger partial charge is 0.348 e. The summed E-state index contributed by atoms with van der Waals surface area (Å²) in [5, 5.41) is 1.01. The van der Waals surface area contributed by atoms with Gasteiger partial charge in [-0.3, -0.25) is 0 Å². The molecule has 3 nitrogen and oxygen atoms in total. The summed E-state index contributed by atoms with van der Waals surface area (Å²) in [5.41, 5.74) is 6.50. The van der Waals surface area contributed by atoms with E-state index >= 15 is 0 Å². The molecule has 1 aromatic carbocycles. The zero-order valence-electron chi connectivity index (χ0n) is 12.5. The van der Waals surface area contributed by atoms with E-state index in [9.17, 15) is 4.79 Å². The molecular formula is C17H21NO2S. The molecular weight excluding hydrogens is 282 g/mol. The van der Waals surface area contributed by atoms with Crippen LogP contribution in [0.1, 0.15) is 42.8 Å². The van der Waals surface area contributed by atoms with E-state index in [-0.39, 0.29) is 12.1 Å². The Morgan fingerprint density at radius 3 is 2.62 bits per heavy atom. The second-order valence-electron chi connectivity index (χ2n) is 6.35. The summed E-state index contributed by atoms with van der Waals surface area (Å²) in [6, 6.07) is 7.59. The first-order chi connectivity index (χ1) is 10.0.